The second kappa shape index (κ2) is 6.56. The van der Waals surface area contributed by atoms with E-state index in [9.17, 15) is 4.79 Å². The molecule has 0 unspecified atom stereocenters. The molecule has 0 atom stereocenters. The van der Waals surface area contributed by atoms with Crippen LogP contribution >= 0.6 is 23.2 Å². The minimum Gasteiger partial charge on any atom is -0.268 e. The molecule has 0 radical (unpaired) electrons. The number of hydrogen-bond acceptors (Lipinski definition) is 3. The van der Waals surface area contributed by atoms with Crippen LogP contribution in [-0.2, 0) is 6.54 Å². The number of hydrogen-bond donors (Lipinski definition) is 0. The maximum absolute atomic E-state index is 11.7. The molecule has 0 saturated carbocycles. The summed E-state index contributed by atoms with van der Waals surface area (Å²) in [5.41, 5.74) is 0.886. The van der Waals surface area contributed by atoms with E-state index in [1.165, 1.54) is 10.7 Å². The smallest absolute Gasteiger partial charge is 0.267 e. The third-order valence-electron chi connectivity index (χ3n) is 2.46. The molecule has 102 valence electrons. The van der Waals surface area contributed by atoms with Crippen molar-refractivity contribution in [1.29, 1.82) is 0 Å². The van der Waals surface area contributed by atoms with E-state index in [2.05, 4.69) is 21.9 Å². The summed E-state index contributed by atoms with van der Waals surface area (Å²) in [6, 6.07) is 6.36. The van der Waals surface area contributed by atoms with Crippen LogP contribution in [0.5, 0.6) is 0 Å². The van der Waals surface area contributed by atoms with E-state index in [1.807, 2.05) is 6.92 Å². The predicted octanol–water partition coefficient (Wildman–Crippen LogP) is 3.03. The van der Waals surface area contributed by atoms with Crippen molar-refractivity contribution in [2.24, 2.45) is 0 Å². The van der Waals surface area contributed by atoms with Gasteiger partial charge in [0, 0.05) is 12.5 Å². The Hall–Kier alpha value is -1.83. The largest absolute Gasteiger partial charge is 0.268 e. The predicted molar refractivity (Wildman–Crippen MR) is 79.8 cm³/mol. The molecular weight excluding hydrogens is 297 g/mol. The summed E-state index contributed by atoms with van der Waals surface area (Å²) in [6.07, 6.45) is 0.739. The van der Waals surface area contributed by atoms with Crippen molar-refractivity contribution in [3.63, 3.8) is 0 Å². The molecule has 4 nitrogen and oxygen atoms in total. The number of halogens is 2. The summed E-state index contributed by atoms with van der Waals surface area (Å²) < 4.78 is 1.29. The van der Waals surface area contributed by atoms with Crippen molar-refractivity contribution in [3.8, 4) is 23.2 Å². The first-order valence-electron chi connectivity index (χ1n) is 5.98. The van der Waals surface area contributed by atoms with Crippen molar-refractivity contribution in [1.82, 2.24) is 14.8 Å². The molecule has 0 bridgehead atoms. The van der Waals surface area contributed by atoms with Gasteiger partial charge in [0.15, 0.2) is 0 Å². The van der Waals surface area contributed by atoms with Gasteiger partial charge in [0.25, 0.3) is 5.56 Å². The van der Waals surface area contributed by atoms with Crippen LogP contribution in [0.1, 0.15) is 13.3 Å². The summed E-state index contributed by atoms with van der Waals surface area (Å²) in [6.45, 7) is 2.20. The Morgan fingerprint density at radius 2 is 1.90 bits per heavy atom. The van der Waals surface area contributed by atoms with Crippen LogP contribution in [0.25, 0.3) is 11.4 Å². The fraction of sp³-hybridized carbons (Fsp3) is 0.214. The Bertz CT molecular complexity index is 744. The lowest BCUT2D eigenvalue weighted by atomic mass is 10.2. The molecule has 6 heteroatoms. The van der Waals surface area contributed by atoms with Crippen LogP contribution in [0, 0.1) is 11.8 Å². The Kier molecular flexibility index (Phi) is 4.78. The van der Waals surface area contributed by atoms with E-state index in [1.54, 1.807) is 18.2 Å². The average molecular weight is 308 g/mol. The SMILES string of the molecule is CCC#CCn1nc(-c2ccc(Cl)c(Cl)n2)ccc1=O. The Morgan fingerprint density at radius 3 is 2.60 bits per heavy atom. The van der Waals surface area contributed by atoms with Gasteiger partial charge in [-0.15, -0.1) is 5.92 Å². The second-order valence-corrected chi connectivity index (χ2v) is 4.66. The minimum absolute atomic E-state index is 0.203. The Morgan fingerprint density at radius 1 is 1.15 bits per heavy atom. The highest BCUT2D eigenvalue weighted by atomic mass is 35.5. The van der Waals surface area contributed by atoms with Gasteiger partial charge < -0.3 is 0 Å². The number of aromatic nitrogens is 3. The molecule has 0 spiro atoms. The summed E-state index contributed by atoms with van der Waals surface area (Å²) in [5.74, 6) is 5.77. The van der Waals surface area contributed by atoms with Gasteiger partial charge >= 0.3 is 0 Å². The van der Waals surface area contributed by atoms with Gasteiger partial charge in [-0.1, -0.05) is 36.0 Å². The zero-order valence-electron chi connectivity index (χ0n) is 10.7. The highest BCUT2D eigenvalue weighted by Crippen LogP contribution is 2.23. The molecule has 2 aromatic rings. The first kappa shape index (κ1) is 14.6. The monoisotopic (exact) mass is 307 g/mol. The Labute approximate surface area is 126 Å². The molecule has 0 amide bonds. The van der Waals surface area contributed by atoms with Crippen LogP contribution in [0.15, 0.2) is 29.1 Å². The van der Waals surface area contributed by atoms with Gasteiger partial charge in [0.05, 0.1) is 10.7 Å². The average Bonchev–Trinajstić information content (AvgIpc) is 2.44. The molecule has 0 aliphatic carbocycles. The van der Waals surface area contributed by atoms with Crippen molar-refractivity contribution >= 4 is 23.2 Å². The first-order valence-corrected chi connectivity index (χ1v) is 6.73. The summed E-state index contributed by atoms with van der Waals surface area (Å²) in [7, 11) is 0. The lowest BCUT2D eigenvalue weighted by Gasteiger charge is -2.04. The van der Waals surface area contributed by atoms with Gasteiger partial charge in [-0.05, 0) is 18.2 Å². The van der Waals surface area contributed by atoms with E-state index in [-0.39, 0.29) is 17.3 Å². The Balaban J connectivity index is 2.40. The van der Waals surface area contributed by atoms with Crippen LogP contribution < -0.4 is 5.56 Å². The van der Waals surface area contributed by atoms with Crippen LogP contribution in [-0.4, -0.2) is 14.8 Å². The van der Waals surface area contributed by atoms with Crippen LogP contribution in [0.3, 0.4) is 0 Å². The number of nitrogens with zero attached hydrogens (tertiary/aromatic N) is 3. The van der Waals surface area contributed by atoms with Crippen LogP contribution in [0.4, 0.5) is 0 Å². The molecule has 0 aromatic carbocycles. The molecule has 0 aliphatic heterocycles. The molecule has 0 N–H and O–H groups in total. The van der Waals surface area contributed by atoms with Gasteiger partial charge in [0.2, 0.25) is 0 Å². The van der Waals surface area contributed by atoms with Crippen molar-refractivity contribution in [3.05, 3.63) is 44.8 Å². The highest BCUT2D eigenvalue weighted by Gasteiger charge is 2.07. The van der Waals surface area contributed by atoms with E-state index in [0.717, 1.165) is 6.42 Å². The molecule has 20 heavy (non-hydrogen) atoms. The summed E-state index contributed by atoms with van der Waals surface area (Å²) in [5, 5.41) is 4.80. The number of rotatable bonds is 2. The third kappa shape index (κ3) is 3.38. The summed E-state index contributed by atoms with van der Waals surface area (Å²) in [4.78, 5) is 15.8. The third-order valence-corrected chi connectivity index (χ3v) is 3.15. The van der Waals surface area contributed by atoms with Crippen LogP contribution in [0.2, 0.25) is 10.2 Å². The zero-order valence-corrected chi connectivity index (χ0v) is 12.2. The number of pyridine rings is 1. The van der Waals surface area contributed by atoms with Crippen molar-refractivity contribution in [2.75, 3.05) is 0 Å². The van der Waals surface area contributed by atoms with E-state index in [4.69, 9.17) is 23.2 Å². The minimum atomic E-state index is -0.209. The molecule has 2 heterocycles. The second-order valence-electron chi connectivity index (χ2n) is 3.89. The quantitative estimate of drug-likeness (QED) is 0.633. The lowest BCUT2D eigenvalue weighted by molar-refractivity contribution is 0.665. The van der Waals surface area contributed by atoms with Crippen molar-refractivity contribution in [2.45, 2.75) is 19.9 Å². The highest BCUT2D eigenvalue weighted by molar-refractivity contribution is 6.41. The first-order chi connectivity index (χ1) is 9.61. The maximum Gasteiger partial charge on any atom is 0.267 e. The van der Waals surface area contributed by atoms with Gasteiger partial charge in [0.1, 0.15) is 17.4 Å². The summed E-state index contributed by atoms with van der Waals surface area (Å²) >= 11 is 11.7. The normalized spacial score (nSPS) is 9.95. The van der Waals surface area contributed by atoms with Gasteiger partial charge in [-0.2, -0.15) is 5.10 Å². The topological polar surface area (TPSA) is 47.8 Å². The van der Waals surface area contributed by atoms with Gasteiger partial charge in [-0.3, -0.25) is 4.79 Å². The lowest BCUT2D eigenvalue weighted by Crippen LogP contribution is -2.21. The molecule has 0 aliphatic rings. The van der Waals surface area contributed by atoms with E-state index >= 15 is 0 Å². The van der Waals surface area contributed by atoms with Gasteiger partial charge in [-0.25, -0.2) is 9.67 Å². The van der Waals surface area contributed by atoms with Crippen molar-refractivity contribution < 1.29 is 0 Å². The zero-order chi connectivity index (χ0) is 14.5. The maximum atomic E-state index is 11.7. The molecular formula is C14H11Cl2N3O. The molecule has 0 saturated heterocycles. The fourth-order valence-corrected chi connectivity index (χ4v) is 1.77. The molecule has 2 aromatic heterocycles. The van der Waals surface area contributed by atoms with E-state index < -0.39 is 0 Å². The standard InChI is InChI=1S/C14H11Cl2N3O/c1-2-3-4-9-19-13(20)8-7-12(18-19)11-6-5-10(15)14(16)17-11/h5-8H,2,9H2,1H3. The molecule has 0 fully saturated rings. The fourth-order valence-electron chi connectivity index (χ4n) is 1.51. The van der Waals surface area contributed by atoms with E-state index in [0.29, 0.717) is 16.4 Å². The molecule has 2 rings (SSSR count).